The second-order valence-electron chi connectivity index (χ2n) is 3.99. The van der Waals surface area contributed by atoms with Gasteiger partial charge < -0.3 is 16.1 Å². The third kappa shape index (κ3) is 3.49. The first-order chi connectivity index (χ1) is 6.92. The largest absolute Gasteiger partial charge is 0.426 e. The molecule has 1 atom stereocenters. The molecular formula is C9H16BN4O. The molecule has 6 heteroatoms. The molecule has 0 spiro atoms. The normalized spacial score (nSPS) is 13.6. The molecule has 5 nitrogen and oxygen atoms in total. The quantitative estimate of drug-likeness (QED) is 0.646. The summed E-state index contributed by atoms with van der Waals surface area (Å²) in [5, 5.41) is 0. The van der Waals surface area contributed by atoms with Gasteiger partial charge in [0, 0.05) is 12.2 Å². The van der Waals surface area contributed by atoms with E-state index in [0.29, 0.717) is 11.4 Å². The van der Waals surface area contributed by atoms with Gasteiger partial charge in [-0.3, -0.25) is 4.98 Å². The molecule has 4 N–H and O–H groups in total. The summed E-state index contributed by atoms with van der Waals surface area (Å²) in [5.74, 6) is 0.388. The standard InChI is InChI=1S/C9H16BN4O/c1-6(11)9(2,3)15-10-7-4-14-8(12)5-13-7/h4-6H,11H2,1-3H3,(H2,12,14). The van der Waals surface area contributed by atoms with Crippen LogP contribution in [0, 0.1) is 0 Å². The summed E-state index contributed by atoms with van der Waals surface area (Å²) in [6.45, 7) is 5.72. The third-order valence-electron chi connectivity index (χ3n) is 2.27. The van der Waals surface area contributed by atoms with Crippen molar-refractivity contribution in [2.75, 3.05) is 5.73 Å². The van der Waals surface area contributed by atoms with Crippen molar-refractivity contribution >= 4 is 18.9 Å². The van der Waals surface area contributed by atoms with Crippen LogP contribution in [0.3, 0.4) is 0 Å². The first kappa shape index (κ1) is 11.9. The fourth-order valence-corrected chi connectivity index (χ4v) is 0.728. The second-order valence-corrected chi connectivity index (χ2v) is 3.99. The monoisotopic (exact) mass is 207 g/mol. The van der Waals surface area contributed by atoms with E-state index in [1.807, 2.05) is 20.8 Å². The Morgan fingerprint density at radius 1 is 1.40 bits per heavy atom. The number of nitrogens with zero attached hydrogens (tertiary/aromatic N) is 2. The number of hydrogen-bond acceptors (Lipinski definition) is 5. The van der Waals surface area contributed by atoms with Gasteiger partial charge in [-0.15, -0.1) is 0 Å². The van der Waals surface area contributed by atoms with Crippen LogP contribution in [-0.2, 0) is 4.65 Å². The highest BCUT2D eigenvalue weighted by Gasteiger charge is 2.23. The lowest BCUT2D eigenvalue weighted by atomic mass is 9.91. The summed E-state index contributed by atoms with van der Waals surface area (Å²) in [7, 11) is 1.54. The molecule has 1 rings (SSSR count). The number of nitrogens with two attached hydrogens (primary N) is 2. The van der Waals surface area contributed by atoms with Crippen LogP contribution in [-0.4, -0.2) is 29.1 Å². The van der Waals surface area contributed by atoms with Crippen LogP contribution in [0.4, 0.5) is 5.82 Å². The molecular weight excluding hydrogens is 191 g/mol. The van der Waals surface area contributed by atoms with E-state index in [1.165, 1.54) is 13.7 Å². The van der Waals surface area contributed by atoms with Crippen molar-refractivity contribution < 1.29 is 4.65 Å². The summed E-state index contributed by atoms with van der Waals surface area (Å²) >= 11 is 0. The highest BCUT2D eigenvalue weighted by atomic mass is 16.5. The maximum Gasteiger partial charge on any atom is 0.353 e. The summed E-state index contributed by atoms with van der Waals surface area (Å²) in [6.07, 6.45) is 3.03. The Morgan fingerprint density at radius 3 is 2.53 bits per heavy atom. The number of anilines is 1. The molecule has 0 saturated carbocycles. The zero-order valence-corrected chi connectivity index (χ0v) is 9.27. The lowest BCUT2D eigenvalue weighted by molar-refractivity contribution is 0.0939. The lowest BCUT2D eigenvalue weighted by Crippen LogP contribution is -2.45. The van der Waals surface area contributed by atoms with Gasteiger partial charge in [0.25, 0.3) is 0 Å². The maximum absolute atomic E-state index is 5.76. The molecule has 1 heterocycles. The topological polar surface area (TPSA) is 87.0 Å². The van der Waals surface area contributed by atoms with E-state index < -0.39 is 5.60 Å². The van der Waals surface area contributed by atoms with Crippen molar-refractivity contribution in [2.24, 2.45) is 5.73 Å². The number of hydrogen-bond donors (Lipinski definition) is 2. The van der Waals surface area contributed by atoms with Crippen molar-refractivity contribution in [3.8, 4) is 0 Å². The van der Waals surface area contributed by atoms with Crippen LogP contribution in [0.25, 0.3) is 0 Å². The molecule has 0 saturated heterocycles. The average Bonchev–Trinajstić information content (AvgIpc) is 2.17. The Bertz CT molecular complexity index is 312. The average molecular weight is 207 g/mol. The van der Waals surface area contributed by atoms with Gasteiger partial charge in [-0.2, -0.15) is 0 Å². The molecule has 0 amide bonds. The fraction of sp³-hybridized carbons (Fsp3) is 0.556. The molecule has 0 aliphatic carbocycles. The molecule has 0 fully saturated rings. The minimum Gasteiger partial charge on any atom is -0.426 e. The maximum atomic E-state index is 5.76. The highest BCUT2D eigenvalue weighted by molar-refractivity contribution is 6.45. The summed E-state index contributed by atoms with van der Waals surface area (Å²) in [4.78, 5) is 7.93. The van der Waals surface area contributed by atoms with Crippen LogP contribution in [0.2, 0.25) is 0 Å². The van der Waals surface area contributed by atoms with Crippen LogP contribution in [0.15, 0.2) is 12.4 Å². The molecule has 1 aromatic heterocycles. The van der Waals surface area contributed by atoms with Gasteiger partial charge in [-0.05, 0) is 20.8 Å². The van der Waals surface area contributed by atoms with Crippen molar-refractivity contribution in [1.29, 1.82) is 0 Å². The van der Waals surface area contributed by atoms with Crippen molar-refractivity contribution in [3.05, 3.63) is 12.4 Å². The first-order valence-electron chi connectivity index (χ1n) is 4.76. The van der Waals surface area contributed by atoms with E-state index in [4.69, 9.17) is 16.1 Å². The van der Waals surface area contributed by atoms with Gasteiger partial charge in [0.15, 0.2) is 0 Å². The Kier molecular flexibility index (Phi) is 3.65. The van der Waals surface area contributed by atoms with Gasteiger partial charge in [-0.1, -0.05) is 0 Å². The van der Waals surface area contributed by atoms with Crippen molar-refractivity contribution in [3.63, 3.8) is 0 Å². The van der Waals surface area contributed by atoms with Crippen molar-refractivity contribution in [2.45, 2.75) is 32.4 Å². The smallest absolute Gasteiger partial charge is 0.353 e. The zero-order chi connectivity index (χ0) is 11.5. The SMILES string of the molecule is CC(N)C(C)(C)O[B]c1cnc(N)cn1. The van der Waals surface area contributed by atoms with E-state index in [9.17, 15) is 0 Å². The van der Waals surface area contributed by atoms with Gasteiger partial charge in [-0.25, -0.2) is 4.98 Å². The molecule has 1 aromatic rings. The number of aromatic nitrogens is 2. The van der Waals surface area contributed by atoms with Gasteiger partial charge in [0.05, 0.1) is 17.4 Å². The summed E-state index contributed by atoms with van der Waals surface area (Å²) < 4.78 is 5.52. The zero-order valence-electron chi connectivity index (χ0n) is 9.27. The molecule has 0 aliphatic rings. The van der Waals surface area contributed by atoms with Gasteiger partial charge >= 0.3 is 7.48 Å². The number of rotatable bonds is 4. The van der Waals surface area contributed by atoms with Crippen LogP contribution in [0.5, 0.6) is 0 Å². The molecule has 0 bridgehead atoms. The summed E-state index contributed by atoms with van der Waals surface area (Å²) in [5.41, 5.74) is 11.4. The Labute approximate surface area is 90.5 Å². The Balaban J connectivity index is 2.54. The third-order valence-corrected chi connectivity index (χ3v) is 2.27. The van der Waals surface area contributed by atoms with Crippen LogP contribution < -0.4 is 17.1 Å². The van der Waals surface area contributed by atoms with E-state index in [2.05, 4.69) is 9.97 Å². The van der Waals surface area contributed by atoms with E-state index >= 15 is 0 Å². The predicted molar refractivity (Wildman–Crippen MR) is 60.6 cm³/mol. The molecule has 0 aromatic carbocycles. The van der Waals surface area contributed by atoms with Gasteiger partial charge in [0.1, 0.15) is 5.82 Å². The van der Waals surface area contributed by atoms with Crippen LogP contribution >= 0.6 is 0 Å². The van der Waals surface area contributed by atoms with E-state index in [-0.39, 0.29) is 6.04 Å². The van der Waals surface area contributed by atoms with Gasteiger partial charge in [0.2, 0.25) is 0 Å². The molecule has 81 valence electrons. The Morgan fingerprint density at radius 2 is 2.07 bits per heavy atom. The molecule has 1 unspecified atom stereocenters. The molecule has 1 radical (unpaired) electrons. The van der Waals surface area contributed by atoms with Crippen molar-refractivity contribution in [1.82, 2.24) is 9.97 Å². The predicted octanol–water partition coefficient (Wildman–Crippen LogP) is -0.554. The van der Waals surface area contributed by atoms with Crippen LogP contribution in [0.1, 0.15) is 20.8 Å². The fourth-order valence-electron chi connectivity index (χ4n) is 0.728. The number of nitrogen functional groups attached to an aromatic ring is 1. The first-order valence-corrected chi connectivity index (χ1v) is 4.76. The van der Waals surface area contributed by atoms with E-state index in [1.54, 1.807) is 6.20 Å². The minimum atomic E-state index is -0.428. The molecule has 0 aliphatic heterocycles. The van der Waals surface area contributed by atoms with E-state index in [0.717, 1.165) is 0 Å². The Hall–Kier alpha value is -1.14. The molecule has 15 heavy (non-hydrogen) atoms. The second kappa shape index (κ2) is 4.59. The minimum absolute atomic E-state index is 0.0736. The lowest BCUT2D eigenvalue weighted by Gasteiger charge is -2.29. The summed E-state index contributed by atoms with van der Waals surface area (Å²) in [6, 6.07) is -0.0736. The highest BCUT2D eigenvalue weighted by Crippen LogP contribution is 2.11.